The van der Waals surface area contributed by atoms with E-state index in [2.05, 4.69) is 38.1 Å². The van der Waals surface area contributed by atoms with Crippen molar-refractivity contribution in [3.05, 3.63) is 107 Å². The van der Waals surface area contributed by atoms with Gasteiger partial charge >= 0.3 is 20.4 Å². The van der Waals surface area contributed by atoms with Crippen LogP contribution in [0.1, 0.15) is 137 Å². The molecule has 0 aliphatic rings. The molecular formula is C46H58N2O8Pd. The number of phenols is 4. The molecule has 0 unspecified atom stereocenters. The van der Waals surface area contributed by atoms with E-state index in [-0.39, 0.29) is 31.5 Å². The maximum atomic E-state index is 10.8. The minimum absolute atomic E-state index is 0. The van der Waals surface area contributed by atoms with E-state index in [1.165, 1.54) is 37.1 Å². The Bertz CT molecular complexity index is 1710. The zero-order chi connectivity index (χ0) is 41.3. The SMILES string of the molecule is CCCCC(=Nc1ccccc1)C(CCCC)=Nc1ccccc1.CCCCCc1ccc(O)c(O)c1C(=O)[O-].CCCCCc1ccc(O)c(O)c1C(=O)[O-].[Pd+2]. The molecule has 310 valence electrons. The Morgan fingerprint density at radius 3 is 1.12 bits per heavy atom. The van der Waals surface area contributed by atoms with Gasteiger partial charge in [0.2, 0.25) is 0 Å². The minimum Gasteiger partial charge on any atom is -0.545 e. The van der Waals surface area contributed by atoms with Crippen molar-refractivity contribution < 1.29 is 60.7 Å². The molecule has 4 aromatic carbocycles. The van der Waals surface area contributed by atoms with Crippen LogP contribution in [0.5, 0.6) is 23.0 Å². The van der Waals surface area contributed by atoms with Crippen molar-refractivity contribution in [2.75, 3.05) is 0 Å². The van der Waals surface area contributed by atoms with Crippen LogP contribution in [-0.4, -0.2) is 43.8 Å². The number of aromatic hydroxyl groups is 4. The van der Waals surface area contributed by atoms with Crippen LogP contribution in [0.3, 0.4) is 0 Å². The molecule has 0 radical (unpaired) electrons. The number of rotatable bonds is 19. The number of benzene rings is 4. The molecule has 0 spiro atoms. The van der Waals surface area contributed by atoms with Gasteiger partial charge in [-0.2, -0.15) is 0 Å². The number of nitrogens with zero attached hydrogens (tertiary/aromatic N) is 2. The van der Waals surface area contributed by atoms with Gasteiger partial charge in [-0.3, -0.25) is 9.98 Å². The van der Waals surface area contributed by atoms with Crippen LogP contribution < -0.4 is 10.2 Å². The number of carbonyl (C=O) groups excluding carboxylic acids is 2. The second-order valence-corrected chi connectivity index (χ2v) is 13.4. The third kappa shape index (κ3) is 17.8. The molecule has 10 nitrogen and oxygen atoms in total. The van der Waals surface area contributed by atoms with E-state index in [1.807, 2.05) is 50.2 Å². The first-order chi connectivity index (χ1) is 27.0. The average Bonchev–Trinajstić information content (AvgIpc) is 3.19. The monoisotopic (exact) mass is 872 g/mol. The van der Waals surface area contributed by atoms with Crippen molar-refractivity contribution >= 4 is 34.7 Å². The van der Waals surface area contributed by atoms with E-state index in [0.29, 0.717) is 24.0 Å². The number of phenolic OH excluding ortho intramolecular Hbond substituents is 2. The van der Waals surface area contributed by atoms with Crippen molar-refractivity contribution in [2.45, 2.75) is 118 Å². The zero-order valence-electron chi connectivity index (χ0n) is 33.6. The maximum Gasteiger partial charge on any atom is 2.00 e. The van der Waals surface area contributed by atoms with E-state index in [0.717, 1.165) is 87.0 Å². The fourth-order valence-electron chi connectivity index (χ4n) is 5.78. The summed E-state index contributed by atoms with van der Waals surface area (Å²) >= 11 is 0. The molecule has 0 atom stereocenters. The fourth-order valence-corrected chi connectivity index (χ4v) is 5.78. The summed E-state index contributed by atoms with van der Waals surface area (Å²) in [5.41, 5.74) is 4.72. The molecule has 11 heteroatoms. The maximum absolute atomic E-state index is 10.8. The molecule has 0 saturated heterocycles. The number of aryl methyl sites for hydroxylation is 2. The van der Waals surface area contributed by atoms with Gasteiger partial charge in [-0.25, -0.2) is 0 Å². The van der Waals surface area contributed by atoms with Gasteiger partial charge in [-0.1, -0.05) is 115 Å². The molecule has 4 N–H and O–H groups in total. The zero-order valence-corrected chi connectivity index (χ0v) is 35.2. The predicted molar refractivity (Wildman–Crippen MR) is 221 cm³/mol. The van der Waals surface area contributed by atoms with Crippen molar-refractivity contribution in [2.24, 2.45) is 9.98 Å². The van der Waals surface area contributed by atoms with E-state index in [1.54, 1.807) is 0 Å². The second-order valence-electron chi connectivity index (χ2n) is 13.4. The summed E-state index contributed by atoms with van der Waals surface area (Å²) in [6, 6.07) is 26.1. The number of hydrogen-bond acceptors (Lipinski definition) is 10. The summed E-state index contributed by atoms with van der Waals surface area (Å²) in [6.45, 7) is 8.54. The van der Waals surface area contributed by atoms with E-state index >= 15 is 0 Å². The third-order valence-corrected chi connectivity index (χ3v) is 8.90. The van der Waals surface area contributed by atoms with E-state index in [4.69, 9.17) is 9.98 Å². The van der Waals surface area contributed by atoms with Crippen LogP contribution in [0.4, 0.5) is 11.4 Å². The van der Waals surface area contributed by atoms with Crippen LogP contribution in [0, 0.1) is 0 Å². The summed E-state index contributed by atoms with van der Waals surface area (Å²) in [6.07, 6.45) is 13.5. The predicted octanol–water partition coefficient (Wildman–Crippen LogP) is 9.30. The molecule has 0 heterocycles. The molecule has 4 aromatic rings. The average molecular weight is 873 g/mol. The normalized spacial score (nSPS) is 11.0. The smallest absolute Gasteiger partial charge is 0.545 e. The van der Waals surface area contributed by atoms with Crippen molar-refractivity contribution in [1.29, 1.82) is 0 Å². The first-order valence-electron chi connectivity index (χ1n) is 19.7. The van der Waals surface area contributed by atoms with Gasteiger partial charge in [0.1, 0.15) is 0 Å². The summed E-state index contributed by atoms with van der Waals surface area (Å²) in [5, 5.41) is 59.0. The van der Waals surface area contributed by atoms with E-state index < -0.39 is 34.9 Å². The van der Waals surface area contributed by atoms with Gasteiger partial charge in [0.25, 0.3) is 0 Å². The largest absolute Gasteiger partial charge is 2.00 e. The van der Waals surface area contributed by atoms with Crippen LogP contribution in [0.15, 0.2) is 94.9 Å². The molecule has 0 aliphatic carbocycles. The fraction of sp³-hybridized carbons (Fsp3) is 0.391. The first-order valence-corrected chi connectivity index (χ1v) is 19.7. The third-order valence-electron chi connectivity index (χ3n) is 8.90. The van der Waals surface area contributed by atoms with Crippen LogP contribution in [0.2, 0.25) is 0 Å². The molecular weight excluding hydrogens is 815 g/mol. The number of hydrogen-bond donors (Lipinski definition) is 4. The molecule has 4 rings (SSSR count). The quantitative estimate of drug-likeness (QED) is 0.0311. The molecule has 57 heavy (non-hydrogen) atoms. The number of unbranched alkanes of at least 4 members (excludes halogenated alkanes) is 6. The molecule has 0 aliphatic heterocycles. The summed E-state index contributed by atoms with van der Waals surface area (Å²) < 4.78 is 0. The van der Waals surface area contributed by atoms with Crippen molar-refractivity contribution in [1.82, 2.24) is 0 Å². The standard InChI is InChI=1S/C22H28N2.2C12H16O4.Pd/c1-3-5-17-21(23-19-13-9-7-10-14-19)22(18-6-4-2)24-20-15-11-8-12-16-20;2*1-2-3-4-5-8-6-7-9(13)11(14)10(8)12(15)16;/h7-16H,3-6,17-18H2,1-2H3;2*6-7,13-14H,2-5H2,1H3,(H,15,16);/q;;;+2/p-2. The van der Waals surface area contributed by atoms with Crippen molar-refractivity contribution in [3.8, 4) is 23.0 Å². The number of aliphatic imine (C=N–C) groups is 2. The van der Waals surface area contributed by atoms with Gasteiger partial charge in [-0.15, -0.1) is 0 Å². The molecule has 0 fully saturated rings. The Morgan fingerprint density at radius 2 is 0.825 bits per heavy atom. The van der Waals surface area contributed by atoms with E-state index in [9.17, 15) is 40.2 Å². The minimum atomic E-state index is -1.46. The number of aromatic carboxylic acids is 2. The Balaban J connectivity index is 0.000000438. The Labute approximate surface area is 351 Å². The molecule has 0 bridgehead atoms. The van der Waals surface area contributed by atoms with Crippen LogP contribution >= 0.6 is 0 Å². The Kier molecular flexibility index (Phi) is 25.0. The van der Waals surface area contributed by atoms with Crippen molar-refractivity contribution in [3.63, 3.8) is 0 Å². The van der Waals surface area contributed by atoms with Crippen LogP contribution in [-0.2, 0) is 33.3 Å². The molecule has 0 amide bonds. The summed E-state index contributed by atoms with van der Waals surface area (Å²) in [7, 11) is 0. The summed E-state index contributed by atoms with van der Waals surface area (Å²) in [5.74, 6) is -4.99. The molecule has 0 saturated carbocycles. The number of carboxylic acids is 2. The van der Waals surface area contributed by atoms with Gasteiger partial charge in [-0.05, 0) is 98.9 Å². The molecule has 0 aromatic heterocycles. The topological polar surface area (TPSA) is 186 Å². The Hall–Kier alpha value is -4.98. The van der Waals surface area contributed by atoms with Gasteiger partial charge in [0.05, 0.1) is 34.7 Å². The van der Waals surface area contributed by atoms with Gasteiger partial charge < -0.3 is 40.2 Å². The van der Waals surface area contributed by atoms with Crippen LogP contribution in [0.25, 0.3) is 0 Å². The Morgan fingerprint density at radius 1 is 0.491 bits per heavy atom. The first kappa shape index (κ1) is 50.0. The number of carboxylic acid groups (broad SMARTS) is 2. The second kappa shape index (κ2) is 28.4. The van der Waals surface area contributed by atoms with Gasteiger partial charge in [0, 0.05) is 11.1 Å². The number of para-hydroxylation sites is 2. The summed E-state index contributed by atoms with van der Waals surface area (Å²) in [4.78, 5) is 31.6. The van der Waals surface area contributed by atoms with Gasteiger partial charge in [0.15, 0.2) is 23.0 Å². The number of carbonyl (C=O) groups is 2.